The summed E-state index contributed by atoms with van der Waals surface area (Å²) >= 11 is 0. The number of carbonyl (C=O) groups excluding carboxylic acids is 1. The molecule has 0 saturated carbocycles. The van der Waals surface area contributed by atoms with E-state index in [1.165, 1.54) is 4.90 Å². The second kappa shape index (κ2) is 7.27. The molecule has 1 fully saturated rings. The lowest BCUT2D eigenvalue weighted by Gasteiger charge is -2.33. The summed E-state index contributed by atoms with van der Waals surface area (Å²) in [5.74, 6) is 0.611. The highest BCUT2D eigenvalue weighted by Crippen LogP contribution is 2.36. The van der Waals surface area contributed by atoms with Crippen LogP contribution in [0, 0.1) is 0 Å². The van der Waals surface area contributed by atoms with Gasteiger partial charge in [-0.05, 0) is 18.2 Å². The van der Waals surface area contributed by atoms with Gasteiger partial charge in [-0.15, -0.1) is 0 Å². The Hall–Kier alpha value is -3.72. The van der Waals surface area contributed by atoms with Crippen LogP contribution >= 0.6 is 0 Å². The number of nitrogens with zero attached hydrogens (tertiary/aromatic N) is 4. The average molecular weight is 405 g/mol. The van der Waals surface area contributed by atoms with Gasteiger partial charge in [-0.1, -0.05) is 12.1 Å². The van der Waals surface area contributed by atoms with Gasteiger partial charge in [-0.3, -0.25) is 14.8 Å². The third-order valence-corrected chi connectivity index (χ3v) is 5.45. The van der Waals surface area contributed by atoms with E-state index >= 15 is 0 Å². The number of carbonyl (C=O) groups is 2. The van der Waals surface area contributed by atoms with E-state index in [9.17, 15) is 9.59 Å². The van der Waals surface area contributed by atoms with Crippen LogP contribution in [0.5, 0.6) is 5.75 Å². The number of rotatable bonds is 3. The fourth-order valence-electron chi connectivity index (χ4n) is 3.84. The van der Waals surface area contributed by atoms with Crippen LogP contribution in [0.2, 0.25) is 0 Å². The van der Waals surface area contributed by atoms with Crippen molar-refractivity contribution in [2.24, 2.45) is 0 Å². The third kappa shape index (κ3) is 3.18. The van der Waals surface area contributed by atoms with Crippen LogP contribution in [-0.2, 0) is 6.54 Å². The number of aromatic amines is 1. The number of H-pyrrole nitrogens is 1. The molecule has 0 unspecified atom stereocenters. The number of Topliss-reactive ketones (excluding diaryl/α,β-unsaturated/α-hetero) is 1. The maximum atomic E-state index is 12.9. The number of ether oxygens (including phenoxy) is 1. The predicted molar refractivity (Wildman–Crippen MR) is 108 cm³/mol. The van der Waals surface area contributed by atoms with Gasteiger partial charge in [0.05, 0.1) is 11.3 Å². The van der Waals surface area contributed by atoms with Gasteiger partial charge in [0.1, 0.15) is 5.75 Å². The van der Waals surface area contributed by atoms with Crippen molar-refractivity contribution in [2.45, 2.75) is 6.54 Å². The summed E-state index contributed by atoms with van der Waals surface area (Å²) in [4.78, 5) is 31.8. The molecule has 1 amide bonds. The molecular formula is C21H19N5O4. The summed E-state index contributed by atoms with van der Waals surface area (Å²) in [5.41, 5.74) is 2.68. The van der Waals surface area contributed by atoms with E-state index in [1.54, 1.807) is 18.3 Å². The Kier molecular flexibility index (Phi) is 4.44. The summed E-state index contributed by atoms with van der Waals surface area (Å²) in [6.07, 6.45) is 2.42. The highest BCUT2D eigenvalue weighted by atomic mass is 16.5. The largest absolute Gasteiger partial charge is 0.465 e. The number of fused-ring (bicyclic) bond motifs is 2. The van der Waals surface area contributed by atoms with Crippen molar-refractivity contribution in [3.8, 4) is 5.75 Å². The van der Waals surface area contributed by atoms with Crippen molar-refractivity contribution < 1.29 is 19.4 Å². The minimum absolute atomic E-state index is 0.178. The van der Waals surface area contributed by atoms with Gasteiger partial charge in [0.2, 0.25) is 5.78 Å². The minimum Gasteiger partial charge on any atom is -0.465 e. The fraction of sp³-hybridized carbons (Fsp3) is 0.238. The van der Waals surface area contributed by atoms with Crippen molar-refractivity contribution in [3.05, 3.63) is 59.1 Å². The first-order valence-electron chi connectivity index (χ1n) is 9.65. The molecule has 4 heterocycles. The number of nitrogens with one attached hydrogen (secondary N) is 1. The Morgan fingerprint density at radius 3 is 2.83 bits per heavy atom. The van der Waals surface area contributed by atoms with Gasteiger partial charge in [0, 0.05) is 55.9 Å². The monoisotopic (exact) mass is 405 g/mol. The molecule has 0 bridgehead atoms. The molecule has 2 aromatic heterocycles. The van der Waals surface area contributed by atoms with E-state index < -0.39 is 6.09 Å². The molecule has 1 aromatic carbocycles. The molecular weight excluding hydrogens is 386 g/mol. The van der Waals surface area contributed by atoms with E-state index in [2.05, 4.69) is 20.1 Å². The van der Waals surface area contributed by atoms with Crippen LogP contribution in [-0.4, -0.2) is 68.1 Å². The molecule has 30 heavy (non-hydrogen) atoms. The van der Waals surface area contributed by atoms with Gasteiger partial charge in [-0.2, -0.15) is 5.10 Å². The summed E-state index contributed by atoms with van der Waals surface area (Å²) in [6, 6.07) is 9.24. The van der Waals surface area contributed by atoms with E-state index in [0.717, 1.165) is 10.9 Å². The minimum atomic E-state index is -0.889. The third-order valence-electron chi connectivity index (χ3n) is 5.45. The Balaban J connectivity index is 1.38. The van der Waals surface area contributed by atoms with Crippen molar-refractivity contribution in [3.63, 3.8) is 0 Å². The number of ketones is 1. The van der Waals surface area contributed by atoms with E-state index in [1.807, 2.05) is 24.3 Å². The Morgan fingerprint density at radius 1 is 1.20 bits per heavy atom. The standard InChI is InChI=1S/C21H19N5O4/c27-18-15-4-1-3-13(12-25-7-9-26(10-8-25)21(28)29)19(15)30-17(18)11-16-14-5-2-6-22-20(14)24-23-16/h1-6,11H,7-10,12H2,(H,28,29)(H,22,23,24). The summed E-state index contributed by atoms with van der Waals surface area (Å²) in [6.45, 7) is 2.80. The molecule has 2 N–H and O–H groups in total. The van der Waals surface area contributed by atoms with Crippen molar-refractivity contribution in [2.75, 3.05) is 26.2 Å². The Labute approximate surface area is 171 Å². The highest BCUT2D eigenvalue weighted by molar-refractivity contribution is 6.15. The number of carboxylic acid groups (broad SMARTS) is 1. The average Bonchev–Trinajstić information content (AvgIpc) is 3.31. The zero-order valence-corrected chi connectivity index (χ0v) is 16.0. The van der Waals surface area contributed by atoms with Gasteiger partial charge in [0.25, 0.3) is 0 Å². The summed E-state index contributed by atoms with van der Waals surface area (Å²) in [7, 11) is 0. The number of hydrogen-bond acceptors (Lipinski definition) is 6. The van der Waals surface area contributed by atoms with Crippen molar-refractivity contribution in [1.29, 1.82) is 0 Å². The van der Waals surface area contributed by atoms with Gasteiger partial charge in [0.15, 0.2) is 11.4 Å². The molecule has 0 spiro atoms. The van der Waals surface area contributed by atoms with Crippen LogP contribution in [0.15, 0.2) is 42.3 Å². The zero-order chi connectivity index (χ0) is 20.7. The lowest BCUT2D eigenvalue weighted by Crippen LogP contribution is -2.47. The smallest absolute Gasteiger partial charge is 0.407 e. The number of pyridine rings is 1. The first-order valence-corrected chi connectivity index (χ1v) is 9.65. The van der Waals surface area contributed by atoms with Crippen LogP contribution in [0.4, 0.5) is 4.79 Å². The first-order chi connectivity index (χ1) is 14.6. The molecule has 3 aromatic rings. The number of para-hydroxylation sites is 1. The lowest BCUT2D eigenvalue weighted by molar-refractivity contribution is 0.101. The number of allylic oxidation sites excluding steroid dienone is 1. The summed E-state index contributed by atoms with van der Waals surface area (Å²) in [5, 5.41) is 17.0. The Morgan fingerprint density at radius 2 is 2.03 bits per heavy atom. The van der Waals surface area contributed by atoms with Crippen LogP contribution in [0.1, 0.15) is 21.6 Å². The van der Waals surface area contributed by atoms with E-state index in [0.29, 0.717) is 55.4 Å². The van der Waals surface area contributed by atoms with Crippen LogP contribution in [0.25, 0.3) is 17.1 Å². The molecule has 9 heteroatoms. The van der Waals surface area contributed by atoms with E-state index in [4.69, 9.17) is 9.84 Å². The van der Waals surface area contributed by atoms with E-state index in [-0.39, 0.29) is 11.5 Å². The maximum Gasteiger partial charge on any atom is 0.407 e. The van der Waals surface area contributed by atoms with Crippen LogP contribution < -0.4 is 4.74 Å². The molecule has 2 aliphatic rings. The number of aromatic nitrogens is 3. The maximum absolute atomic E-state index is 12.9. The second-order valence-electron chi connectivity index (χ2n) is 7.29. The zero-order valence-electron chi connectivity index (χ0n) is 16.0. The number of piperazine rings is 1. The lowest BCUT2D eigenvalue weighted by atomic mass is 10.1. The second-order valence-corrected chi connectivity index (χ2v) is 7.29. The fourth-order valence-corrected chi connectivity index (χ4v) is 3.84. The molecule has 1 saturated heterocycles. The molecule has 152 valence electrons. The molecule has 0 aliphatic carbocycles. The topological polar surface area (TPSA) is 112 Å². The molecule has 2 aliphatic heterocycles. The summed E-state index contributed by atoms with van der Waals surface area (Å²) < 4.78 is 5.98. The van der Waals surface area contributed by atoms with Crippen molar-refractivity contribution >= 4 is 29.0 Å². The highest BCUT2D eigenvalue weighted by Gasteiger charge is 2.31. The normalized spacial score (nSPS) is 18.1. The molecule has 9 nitrogen and oxygen atoms in total. The number of benzene rings is 1. The van der Waals surface area contributed by atoms with Crippen LogP contribution in [0.3, 0.4) is 0 Å². The van der Waals surface area contributed by atoms with Gasteiger partial charge >= 0.3 is 6.09 Å². The Bertz CT molecular complexity index is 1180. The number of hydrogen-bond donors (Lipinski definition) is 2. The first kappa shape index (κ1) is 18.3. The molecule has 0 radical (unpaired) electrons. The predicted octanol–water partition coefficient (Wildman–Crippen LogP) is 2.37. The molecule has 5 rings (SSSR count). The molecule has 0 atom stereocenters. The van der Waals surface area contributed by atoms with Gasteiger partial charge < -0.3 is 14.7 Å². The SMILES string of the molecule is O=C1C(=Cc2n[nH]c3ncccc23)Oc2c(CN3CCN(C(=O)O)CC3)cccc21. The quantitative estimate of drug-likeness (QED) is 0.644. The van der Waals surface area contributed by atoms with Gasteiger partial charge in [-0.25, -0.2) is 9.78 Å². The van der Waals surface area contributed by atoms with Crippen molar-refractivity contribution in [1.82, 2.24) is 25.0 Å². The number of amides is 1.